The molecule has 0 bridgehead atoms. The molecule has 0 saturated carbocycles. The summed E-state index contributed by atoms with van der Waals surface area (Å²) in [6, 6.07) is 19.2. The van der Waals surface area contributed by atoms with Crippen LogP contribution in [-0.2, 0) is 14.8 Å². The lowest BCUT2D eigenvalue weighted by Crippen LogP contribution is -2.39. The van der Waals surface area contributed by atoms with E-state index in [0.29, 0.717) is 15.1 Å². The van der Waals surface area contributed by atoms with Crippen molar-refractivity contribution in [3.63, 3.8) is 0 Å². The molecule has 0 unspecified atom stereocenters. The molecule has 7 nitrogen and oxygen atoms in total. The number of rotatable bonds is 8. The fourth-order valence-corrected chi connectivity index (χ4v) is 6.51. The van der Waals surface area contributed by atoms with Crippen molar-refractivity contribution in [2.45, 2.75) is 18.7 Å². The lowest BCUT2D eigenvalue weighted by atomic mass is 10.2. The molecule has 0 atom stereocenters. The number of anilines is 1. The average molecular weight is 624 g/mol. The number of nitrogens with one attached hydrogen (secondary N) is 1. The van der Waals surface area contributed by atoms with Gasteiger partial charge in [0.25, 0.3) is 15.9 Å². The molecule has 12 heteroatoms. The van der Waals surface area contributed by atoms with Crippen molar-refractivity contribution < 1.29 is 13.2 Å². The number of hydrogen-bond donors (Lipinski definition) is 1. The van der Waals surface area contributed by atoms with Crippen molar-refractivity contribution in [3.05, 3.63) is 110 Å². The van der Waals surface area contributed by atoms with Gasteiger partial charge in [0.1, 0.15) is 6.54 Å². The maximum Gasteiger partial charge on any atom is 0.264 e. The molecule has 0 spiro atoms. The molecule has 1 aromatic heterocycles. The van der Waals surface area contributed by atoms with Gasteiger partial charge >= 0.3 is 0 Å². The highest BCUT2D eigenvalue weighted by atomic mass is 35.5. The fraction of sp³-hybridized carbons (Fsp3) is 0.111. The lowest BCUT2D eigenvalue weighted by molar-refractivity contribution is -0.119. The van der Waals surface area contributed by atoms with E-state index < -0.39 is 22.5 Å². The smallest absolute Gasteiger partial charge is 0.264 e. The van der Waals surface area contributed by atoms with E-state index in [-0.39, 0.29) is 15.6 Å². The third-order valence-electron chi connectivity index (χ3n) is 5.81. The van der Waals surface area contributed by atoms with Gasteiger partial charge in [-0.2, -0.15) is 5.10 Å². The summed E-state index contributed by atoms with van der Waals surface area (Å²) < 4.78 is 29.8. The van der Waals surface area contributed by atoms with Crippen LogP contribution in [0.25, 0.3) is 5.69 Å². The predicted octanol–water partition coefficient (Wildman–Crippen LogP) is 7.05. The Hall–Kier alpha value is -3.01. The molecule has 0 aliphatic carbocycles. The number of aromatic nitrogens is 1. The van der Waals surface area contributed by atoms with Gasteiger partial charge in [-0.15, -0.1) is 0 Å². The Labute approximate surface area is 246 Å². The maximum absolute atomic E-state index is 13.5. The van der Waals surface area contributed by atoms with Crippen LogP contribution in [0.1, 0.15) is 17.0 Å². The normalized spacial score (nSPS) is 11.6. The quantitative estimate of drug-likeness (QED) is 0.169. The van der Waals surface area contributed by atoms with Crippen molar-refractivity contribution >= 4 is 74.2 Å². The van der Waals surface area contributed by atoms with E-state index in [0.717, 1.165) is 26.9 Å². The van der Waals surface area contributed by atoms with Gasteiger partial charge in [0.15, 0.2) is 0 Å². The Morgan fingerprint density at radius 1 is 0.923 bits per heavy atom. The standard InChI is InChI=1S/C27H22Cl4N4O3S/c1-17-12-19(18(2)35(17)26-11-9-21(29)14-24(26)31)15-32-33-27(36)16-34(25-10-8-20(28)13-23(25)30)39(37,38)22-6-4-3-5-7-22/h3-15H,16H2,1-2H3,(H,33,36)/b32-15-. The summed E-state index contributed by atoms with van der Waals surface area (Å²) in [5.41, 5.74) is 5.71. The van der Waals surface area contributed by atoms with Crippen molar-refractivity contribution in [3.8, 4) is 5.69 Å². The molecule has 1 heterocycles. The monoisotopic (exact) mass is 622 g/mol. The van der Waals surface area contributed by atoms with Gasteiger partial charge in [-0.05, 0) is 68.4 Å². The molecule has 1 amide bonds. The number of sulfonamides is 1. The predicted molar refractivity (Wildman–Crippen MR) is 158 cm³/mol. The number of aryl methyl sites for hydroxylation is 1. The number of hydrogen-bond acceptors (Lipinski definition) is 4. The second-order valence-electron chi connectivity index (χ2n) is 8.47. The molecule has 4 rings (SSSR count). The van der Waals surface area contributed by atoms with Crippen LogP contribution in [0.5, 0.6) is 0 Å². The van der Waals surface area contributed by atoms with E-state index in [1.54, 1.807) is 30.3 Å². The first-order chi connectivity index (χ1) is 18.5. The van der Waals surface area contributed by atoms with Gasteiger partial charge in [-0.25, -0.2) is 13.8 Å². The minimum atomic E-state index is -4.14. The molecule has 0 fully saturated rings. The number of amides is 1. The minimum absolute atomic E-state index is 0.000572. The molecule has 39 heavy (non-hydrogen) atoms. The lowest BCUT2D eigenvalue weighted by Gasteiger charge is -2.24. The molecule has 202 valence electrons. The zero-order chi connectivity index (χ0) is 28.3. The average Bonchev–Trinajstić information content (AvgIpc) is 3.16. The molecule has 0 aliphatic rings. The third kappa shape index (κ3) is 6.42. The van der Waals surface area contributed by atoms with Crippen LogP contribution in [0.4, 0.5) is 5.69 Å². The minimum Gasteiger partial charge on any atom is -0.316 e. The second kappa shape index (κ2) is 12.0. The number of carbonyl (C=O) groups is 1. The van der Waals surface area contributed by atoms with Crippen LogP contribution in [0, 0.1) is 13.8 Å². The van der Waals surface area contributed by atoms with Gasteiger partial charge < -0.3 is 4.57 Å². The maximum atomic E-state index is 13.5. The Balaban J connectivity index is 1.58. The number of nitrogens with zero attached hydrogens (tertiary/aromatic N) is 3. The highest BCUT2D eigenvalue weighted by molar-refractivity contribution is 7.92. The third-order valence-corrected chi connectivity index (χ3v) is 8.66. The van der Waals surface area contributed by atoms with Crippen molar-refractivity contribution in [1.29, 1.82) is 0 Å². The molecular weight excluding hydrogens is 602 g/mol. The topological polar surface area (TPSA) is 83.8 Å². The summed E-state index contributed by atoms with van der Waals surface area (Å²) >= 11 is 24.7. The zero-order valence-electron chi connectivity index (χ0n) is 20.7. The Kier molecular flexibility index (Phi) is 8.93. The van der Waals surface area contributed by atoms with Crippen LogP contribution in [0.2, 0.25) is 20.1 Å². The molecule has 0 aliphatic heterocycles. The van der Waals surface area contributed by atoms with Gasteiger partial charge in [0.05, 0.1) is 32.5 Å². The highest BCUT2D eigenvalue weighted by Gasteiger charge is 2.28. The Morgan fingerprint density at radius 3 is 2.21 bits per heavy atom. The SMILES string of the molecule is Cc1cc(/C=N\NC(=O)CN(c2ccc(Cl)cc2Cl)S(=O)(=O)c2ccccc2)c(C)n1-c1ccc(Cl)cc1Cl. The highest BCUT2D eigenvalue weighted by Crippen LogP contribution is 2.33. The molecule has 4 aromatic rings. The summed E-state index contributed by atoms with van der Waals surface area (Å²) in [6.45, 7) is 3.23. The van der Waals surface area contributed by atoms with E-state index in [1.165, 1.54) is 36.5 Å². The summed E-state index contributed by atoms with van der Waals surface area (Å²) in [4.78, 5) is 12.9. The first-order valence-electron chi connectivity index (χ1n) is 11.5. The molecule has 1 N–H and O–H groups in total. The van der Waals surface area contributed by atoms with Crippen molar-refractivity contribution in [2.24, 2.45) is 5.10 Å². The largest absolute Gasteiger partial charge is 0.316 e. The van der Waals surface area contributed by atoms with E-state index in [2.05, 4.69) is 10.5 Å². The van der Waals surface area contributed by atoms with Crippen LogP contribution in [-0.4, -0.2) is 31.7 Å². The van der Waals surface area contributed by atoms with Gasteiger partial charge in [-0.3, -0.25) is 9.10 Å². The summed E-state index contributed by atoms with van der Waals surface area (Å²) in [6.07, 6.45) is 1.48. The fourth-order valence-electron chi connectivity index (χ4n) is 3.99. The van der Waals surface area contributed by atoms with Crippen LogP contribution >= 0.6 is 46.4 Å². The van der Waals surface area contributed by atoms with Crippen LogP contribution < -0.4 is 9.73 Å². The first kappa shape index (κ1) is 29.0. The van der Waals surface area contributed by atoms with Crippen molar-refractivity contribution in [1.82, 2.24) is 9.99 Å². The summed E-state index contributed by atoms with van der Waals surface area (Å²) in [5.74, 6) is -0.675. The Morgan fingerprint density at radius 2 is 1.56 bits per heavy atom. The van der Waals surface area contributed by atoms with E-state index in [1.807, 2.05) is 30.5 Å². The Bertz CT molecular complexity index is 1670. The van der Waals surface area contributed by atoms with Crippen LogP contribution in [0.15, 0.2) is 82.8 Å². The van der Waals surface area contributed by atoms with Gasteiger partial charge in [0, 0.05) is 27.0 Å². The zero-order valence-corrected chi connectivity index (χ0v) is 24.5. The molecule has 0 saturated heterocycles. The number of hydrazone groups is 1. The van der Waals surface area contributed by atoms with Crippen LogP contribution in [0.3, 0.4) is 0 Å². The summed E-state index contributed by atoms with van der Waals surface area (Å²) in [5, 5.41) is 5.47. The molecule has 3 aromatic carbocycles. The van der Waals surface area contributed by atoms with Crippen molar-refractivity contribution in [2.75, 3.05) is 10.8 Å². The van der Waals surface area contributed by atoms with E-state index in [9.17, 15) is 13.2 Å². The number of benzene rings is 3. The molecular formula is C27H22Cl4N4O3S. The molecule has 0 radical (unpaired) electrons. The van der Waals surface area contributed by atoms with Gasteiger partial charge in [-0.1, -0.05) is 64.6 Å². The number of halogens is 4. The van der Waals surface area contributed by atoms with Gasteiger partial charge in [0.2, 0.25) is 0 Å². The number of carbonyl (C=O) groups excluding carboxylic acids is 1. The summed E-state index contributed by atoms with van der Waals surface area (Å²) in [7, 11) is -4.14. The van der Waals surface area contributed by atoms with E-state index >= 15 is 0 Å². The second-order valence-corrected chi connectivity index (χ2v) is 12.0. The van der Waals surface area contributed by atoms with E-state index in [4.69, 9.17) is 46.4 Å². The first-order valence-corrected chi connectivity index (χ1v) is 14.4.